The quantitative estimate of drug-likeness (QED) is 0.0453. The number of aliphatic hydroxyl groups is 1. The lowest BCUT2D eigenvalue weighted by atomic mass is 10.1. The zero-order valence-electron chi connectivity index (χ0n) is 24.1. The van der Waals surface area contributed by atoms with Crippen molar-refractivity contribution in [1.29, 1.82) is 0 Å². The number of phosphoric acid groups is 1. The molecule has 232 valence electrons. The molecule has 3 atom stereocenters. The number of allylic oxidation sites excluding steroid dienone is 4. The van der Waals surface area contributed by atoms with E-state index in [1.54, 1.807) is 6.92 Å². The van der Waals surface area contributed by atoms with Gasteiger partial charge in [-0.2, -0.15) is 0 Å². The SMILES string of the molecule is CCCCC/C=C\C/C=C\CCCCCCCC(=O)NC(COP(=O)(O)OCC(O)COC(=O)CCC)C(=O)O. The molecular weight excluding hydrogens is 541 g/mol. The third kappa shape index (κ3) is 23.8. The van der Waals surface area contributed by atoms with Gasteiger partial charge in [0.25, 0.3) is 0 Å². The van der Waals surface area contributed by atoms with E-state index in [1.807, 2.05) is 0 Å². The van der Waals surface area contributed by atoms with Crippen molar-refractivity contribution in [3.63, 3.8) is 0 Å². The molecule has 11 nitrogen and oxygen atoms in total. The average molecular weight is 592 g/mol. The molecule has 0 rings (SSSR count). The van der Waals surface area contributed by atoms with Gasteiger partial charge in [-0.1, -0.05) is 70.3 Å². The van der Waals surface area contributed by atoms with Crippen LogP contribution in [-0.2, 0) is 32.7 Å². The van der Waals surface area contributed by atoms with Crippen LogP contribution in [0.15, 0.2) is 24.3 Å². The van der Waals surface area contributed by atoms with Crippen molar-refractivity contribution in [3.05, 3.63) is 24.3 Å². The van der Waals surface area contributed by atoms with Crippen LogP contribution in [0.1, 0.15) is 104 Å². The number of phosphoric ester groups is 1. The molecule has 40 heavy (non-hydrogen) atoms. The van der Waals surface area contributed by atoms with Gasteiger partial charge in [-0.25, -0.2) is 9.36 Å². The summed E-state index contributed by atoms with van der Waals surface area (Å²) < 4.78 is 26.0. The fourth-order valence-electron chi connectivity index (χ4n) is 3.44. The third-order valence-corrected chi connectivity index (χ3v) is 6.66. The molecule has 0 aromatic rings. The molecule has 0 bridgehead atoms. The topological polar surface area (TPSA) is 169 Å². The van der Waals surface area contributed by atoms with Gasteiger partial charge in [0.15, 0.2) is 6.04 Å². The molecule has 4 N–H and O–H groups in total. The highest BCUT2D eigenvalue weighted by Gasteiger charge is 2.28. The molecule has 12 heteroatoms. The van der Waals surface area contributed by atoms with Gasteiger partial charge in [-0.15, -0.1) is 0 Å². The predicted molar refractivity (Wildman–Crippen MR) is 153 cm³/mol. The number of carboxylic acids is 1. The second kappa shape index (κ2) is 24.7. The van der Waals surface area contributed by atoms with Crippen molar-refractivity contribution in [2.75, 3.05) is 19.8 Å². The Kier molecular flexibility index (Phi) is 23.5. The van der Waals surface area contributed by atoms with E-state index in [-0.39, 0.29) is 12.8 Å². The van der Waals surface area contributed by atoms with Crippen LogP contribution in [0.3, 0.4) is 0 Å². The molecule has 0 radical (unpaired) electrons. The maximum absolute atomic E-state index is 12.1. The highest BCUT2D eigenvalue weighted by Crippen LogP contribution is 2.43. The minimum atomic E-state index is -4.72. The van der Waals surface area contributed by atoms with Crippen LogP contribution >= 0.6 is 7.82 Å². The van der Waals surface area contributed by atoms with Crippen molar-refractivity contribution in [2.24, 2.45) is 0 Å². The molecule has 0 saturated heterocycles. The number of ether oxygens (including phenoxy) is 1. The Morgan fingerprint density at radius 2 is 1.40 bits per heavy atom. The van der Waals surface area contributed by atoms with Crippen molar-refractivity contribution >= 4 is 25.7 Å². The number of hydrogen-bond acceptors (Lipinski definition) is 8. The standard InChI is InChI=1S/C28H50NO10P/c1-3-5-6-7-8-9-10-11-12-13-14-15-16-17-18-20-26(31)29-25(28(33)34)23-39-40(35,36)38-22-24(30)21-37-27(32)19-4-2/h8-9,11-12,24-25,30H,3-7,10,13-23H2,1-2H3,(H,29,31)(H,33,34)(H,35,36)/b9-8-,12-11-. The molecule has 1 amide bonds. The summed E-state index contributed by atoms with van der Waals surface area (Å²) in [6, 6.07) is -1.55. The van der Waals surface area contributed by atoms with Crippen LogP contribution in [-0.4, -0.2) is 64.9 Å². The number of unbranched alkanes of at least 4 members (excludes halogenated alkanes) is 8. The second-order valence-electron chi connectivity index (χ2n) is 9.59. The van der Waals surface area contributed by atoms with Gasteiger partial charge in [0.05, 0.1) is 13.2 Å². The first-order valence-corrected chi connectivity index (χ1v) is 15.9. The summed E-state index contributed by atoms with van der Waals surface area (Å²) >= 11 is 0. The number of esters is 1. The van der Waals surface area contributed by atoms with E-state index in [0.29, 0.717) is 12.8 Å². The zero-order chi connectivity index (χ0) is 30.1. The molecule has 0 fully saturated rings. The van der Waals surface area contributed by atoms with Crippen LogP contribution in [0, 0.1) is 0 Å². The minimum Gasteiger partial charge on any atom is -0.480 e. The van der Waals surface area contributed by atoms with Crippen LogP contribution in [0.5, 0.6) is 0 Å². The molecule has 0 aliphatic carbocycles. The van der Waals surface area contributed by atoms with Gasteiger partial charge >= 0.3 is 19.8 Å². The van der Waals surface area contributed by atoms with Crippen molar-refractivity contribution in [1.82, 2.24) is 5.32 Å². The van der Waals surface area contributed by atoms with Gasteiger partial charge in [0.1, 0.15) is 12.7 Å². The summed E-state index contributed by atoms with van der Waals surface area (Å²) in [6.45, 7) is 2.07. The summed E-state index contributed by atoms with van der Waals surface area (Å²) in [5.41, 5.74) is 0. The molecule has 0 aromatic heterocycles. The first kappa shape index (κ1) is 38.0. The van der Waals surface area contributed by atoms with E-state index in [9.17, 15) is 34.1 Å². The maximum Gasteiger partial charge on any atom is 0.472 e. The lowest BCUT2D eigenvalue weighted by molar-refractivity contribution is -0.147. The van der Waals surface area contributed by atoms with E-state index in [4.69, 9.17) is 4.74 Å². The van der Waals surface area contributed by atoms with E-state index in [0.717, 1.165) is 44.9 Å². The summed E-state index contributed by atoms with van der Waals surface area (Å²) in [4.78, 5) is 44.6. The Bertz CT molecular complexity index is 802. The summed E-state index contributed by atoms with van der Waals surface area (Å²) in [5.74, 6) is -2.46. The lowest BCUT2D eigenvalue weighted by Crippen LogP contribution is -2.43. The fourth-order valence-corrected chi connectivity index (χ4v) is 4.21. The van der Waals surface area contributed by atoms with Gasteiger partial charge in [-0.05, 0) is 44.9 Å². The molecule has 0 heterocycles. The first-order valence-electron chi connectivity index (χ1n) is 14.4. The average Bonchev–Trinajstić information content (AvgIpc) is 2.91. The Morgan fingerprint density at radius 3 is 2.02 bits per heavy atom. The molecule has 0 aromatic carbocycles. The number of nitrogens with one attached hydrogen (secondary N) is 1. The molecule has 0 aliphatic rings. The van der Waals surface area contributed by atoms with E-state index < -0.39 is 57.6 Å². The van der Waals surface area contributed by atoms with Gasteiger partial charge < -0.3 is 25.2 Å². The van der Waals surface area contributed by atoms with Crippen LogP contribution in [0.4, 0.5) is 0 Å². The van der Waals surface area contributed by atoms with E-state index in [2.05, 4.69) is 45.6 Å². The number of carbonyl (C=O) groups is 3. The summed E-state index contributed by atoms with van der Waals surface area (Å²) in [5, 5.41) is 21.3. The van der Waals surface area contributed by atoms with E-state index in [1.165, 1.54) is 19.3 Å². The highest BCUT2D eigenvalue weighted by atomic mass is 31.2. The largest absolute Gasteiger partial charge is 0.480 e. The number of carbonyl (C=O) groups excluding carboxylic acids is 2. The maximum atomic E-state index is 12.1. The summed E-state index contributed by atoms with van der Waals surface area (Å²) in [6.07, 6.45) is 19.8. The first-order chi connectivity index (χ1) is 19.1. The number of amides is 1. The Hall–Kier alpha value is -2.04. The molecule has 3 unspecified atom stereocenters. The smallest absolute Gasteiger partial charge is 0.472 e. The number of aliphatic carboxylic acids is 1. The van der Waals surface area contributed by atoms with Gasteiger partial charge in [0.2, 0.25) is 5.91 Å². The Balaban J connectivity index is 4.04. The highest BCUT2D eigenvalue weighted by molar-refractivity contribution is 7.47. The predicted octanol–water partition coefficient (Wildman–Crippen LogP) is 5.21. The molecule has 0 saturated carbocycles. The minimum absolute atomic E-state index is 0.129. The van der Waals surface area contributed by atoms with Crippen molar-refractivity contribution in [3.8, 4) is 0 Å². The van der Waals surface area contributed by atoms with Gasteiger partial charge in [0, 0.05) is 12.8 Å². The fraction of sp³-hybridized carbons (Fsp3) is 0.750. The zero-order valence-corrected chi connectivity index (χ0v) is 25.0. The second-order valence-corrected chi connectivity index (χ2v) is 11.0. The van der Waals surface area contributed by atoms with Crippen LogP contribution in [0.2, 0.25) is 0 Å². The van der Waals surface area contributed by atoms with Crippen LogP contribution < -0.4 is 5.32 Å². The normalized spacial score (nSPS) is 14.7. The summed E-state index contributed by atoms with van der Waals surface area (Å²) in [7, 11) is -4.72. The third-order valence-electron chi connectivity index (χ3n) is 5.71. The monoisotopic (exact) mass is 591 g/mol. The number of rotatable bonds is 26. The van der Waals surface area contributed by atoms with Crippen LogP contribution in [0.25, 0.3) is 0 Å². The van der Waals surface area contributed by atoms with Crippen molar-refractivity contribution in [2.45, 2.75) is 116 Å². The molecule has 0 spiro atoms. The van der Waals surface area contributed by atoms with Gasteiger partial charge in [-0.3, -0.25) is 18.6 Å². The number of hydrogen-bond donors (Lipinski definition) is 4. The molecule has 0 aliphatic heterocycles. The van der Waals surface area contributed by atoms with E-state index >= 15 is 0 Å². The Labute approximate surface area is 239 Å². The number of aliphatic hydroxyl groups excluding tert-OH is 1. The molecular formula is C28H50NO10P. The van der Waals surface area contributed by atoms with Crippen molar-refractivity contribution < 1.29 is 47.8 Å². The number of carboxylic acid groups (broad SMARTS) is 1. The Morgan fingerprint density at radius 1 is 0.800 bits per heavy atom. The lowest BCUT2D eigenvalue weighted by Gasteiger charge is -2.18.